The normalized spacial score (nSPS) is 17.5. The van der Waals surface area contributed by atoms with Crippen molar-refractivity contribution in [3.05, 3.63) is 47.6 Å². The van der Waals surface area contributed by atoms with Crippen molar-refractivity contribution in [2.24, 2.45) is 0 Å². The molecule has 88 valence electrons. The molecule has 0 saturated heterocycles. The first kappa shape index (κ1) is 11.5. The molecule has 3 heteroatoms. The molecule has 0 aliphatic carbocycles. The van der Waals surface area contributed by atoms with Crippen molar-refractivity contribution in [2.45, 2.75) is 13.3 Å². The van der Waals surface area contributed by atoms with Crippen LogP contribution in [0.4, 0.5) is 0 Å². The highest BCUT2D eigenvalue weighted by atomic mass is 16.5. The number of ether oxygens (including phenoxy) is 1. The Morgan fingerprint density at radius 1 is 1.41 bits per heavy atom. The Kier molecular flexibility index (Phi) is 3.28. The number of fused-ring (bicyclic) bond motifs is 1. The van der Waals surface area contributed by atoms with Gasteiger partial charge in [0.2, 0.25) is 0 Å². The summed E-state index contributed by atoms with van der Waals surface area (Å²) in [6, 6.07) is 7.81. The number of rotatable bonds is 2. The first-order valence-electron chi connectivity index (χ1n) is 5.51. The molecule has 1 aromatic carbocycles. The molecule has 0 unspecified atom stereocenters. The van der Waals surface area contributed by atoms with Crippen molar-refractivity contribution in [3.63, 3.8) is 0 Å². The maximum absolute atomic E-state index is 10.6. The van der Waals surface area contributed by atoms with Crippen LogP contribution < -0.4 is 4.74 Å². The van der Waals surface area contributed by atoms with Crippen LogP contribution in [0.2, 0.25) is 0 Å². The van der Waals surface area contributed by atoms with E-state index in [0.29, 0.717) is 6.61 Å². The van der Waals surface area contributed by atoms with Gasteiger partial charge in [0.05, 0.1) is 6.61 Å². The molecule has 1 aliphatic rings. The van der Waals surface area contributed by atoms with Gasteiger partial charge in [0.15, 0.2) is 0 Å². The van der Waals surface area contributed by atoms with Crippen LogP contribution in [0.1, 0.15) is 18.9 Å². The number of carbonyl (C=O) groups is 1. The number of hydrogen-bond donors (Lipinski definition) is 1. The van der Waals surface area contributed by atoms with Gasteiger partial charge >= 0.3 is 5.97 Å². The van der Waals surface area contributed by atoms with Crippen LogP contribution in [0.3, 0.4) is 0 Å². The molecule has 1 heterocycles. The highest BCUT2D eigenvalue weighted by Gasteiger charge is 2.14. The van der Waals surface area contributed by atoms with Gasteiger partial charge in [0, 0.05) is 18.1 Å². The van der Waals surface area contributed by atoms with Gasteiger partial charge in [0.1, 0.15) is 5.75 Å². The van der Waals surface area contributed by atoms with Crippen LogP contribution >= 0.6 is 0 Å². The number of hydrogen-bond acceptors (Lipinski definition) is 2. The van der Waals surface area contributed by atoms with Gasteiger partial charge in [-0.25, -0.2) is 4.79 Å². The molecule has 0 atom stereocenters. The molecular formula is C14H14O3. The summed E-state index contributed by atoms with van der Waals surface area (Å²) in [6.07, 6.45) is 3.93. The lowest BCUT2D eigenvalue weighted by atomic mass is 9.98. The van der Waals surface area contributed by atoms with Crippen molar-refractivity contribution < 1.29 is 14.6 Å². The number of benzene rings is 1. The lowest BCUT2D eigenvalue weighted by molar-refractivity contribution is -0.131. The van der Waals surface area contributed by atoms with E-state index < -0.39 is 5.97 Å². The van der Waals surface area contributed by atoms with Crippen molar-refractivity contribution in [1.29, 1.82) is 0 Å². The molecule has 0 amide bonds. The van der Waals surface area contributed by atoms with Crippen LogP contribution in [0.15, 0.2) is 42.0 Å². The van der Waals surface area contributed by atoms with E-state index in [9.17, 15) is 4.79 Å². The Morgan fingerprint density at radius 2 is 2.18 bits per heavy atom. The minimum Gasteiger partial charge on any atom is -0.493 e. The first-order chi connectivity index (χ1) is 8.16. The van der Waals surface area contributed by atoms with Crippen molar-refractivity contribution in [3.8, 4) is 5.75 Å². The fraction of sp³-hybridized carbons (Fsp3) is 0.214. The Bertz CT molecular complexity index is 498. The van der Waals surface area contributed by atoms with E-state index in [-0.39, 0.29) is 0 Å². The third-order valence-electron chi connectivity index (χ3n) is 2.62. The summed E-state index contributed by atoms with van der Waals surface area (Å²) in [4.78, 5) is 10.6. The van der Waals surface area contributed by atoms with Gasteiger partial charge < -0.3 is 9.84 Å². The van der Waals surface area contributed by atoms with Crippen LogP contribution in [0, 0.1) is 0 Å². The minimum atomic E-state index is -0.917. The summed E-state index contributed by atoms with van der Waals surface area (Å²) in [5.74, 6) is -0.0483. The van der Waals surface area contributed by atoms with Crippen molar-refractivity contribution >= 4 is 11.5 Å². The molecule has 3 nitrogen and oxygen atoms in total. The van der Waals surface area contributed by atoms with Gasteiger partial charge in [-0.15, -0.1) is 0 Å². The Balaban J connectivity index is 2.36. The highest BCUT2D eigenvalue weighted by Crippen LogP contribution is 2.33. The standard InChI is InChI=1S/C14H14O3/c1-10(9-14(15)16)8-11-6-7-17-13-5-3-2-4-12(11)13/h2-5,8-9H,6-7H2,1H3,(H,15,16)/b10-9-,11-8+. The minimum absolute atomic E-state index is 0.642. The van der Waals surface area contributed by atoms with Crippen molar-refractivity contribution in [2.75, 3.05) is 6.61 Å². The highest BCUT2D eigenvalue weighted by molar-refractivity contribution is 5.82. The summed E-state index contributed by atoms with van der Waals surface area (Å²) < 4.78 is 5.54. The molecule has 1 aromatic rings. The van der Waals surface area contributed by atoms with Gasteiger partial charge in [-0.2, -0.15) is 0 Å². The largest absolute Gasteiger partial charge is 0.493 e. The van der Waals surface area contributed by atoms with E-state index >= 15 is 0 Å². The van der Waals surface area contributed by atoms with E-state index in [1.807, 2.05) is 30.3 Å². The van der Waals surface area contributed by atoms with Crippen LogP contribution in [-0.4, -0.2) is 17.7 Å². The predicted molar refractivity (Wildman–Crippen MR) is 65.9 cm³/mol. The second-order valence-corrected chi connectivity index (χ2v) is 3.99. The van der Waals surface area contributed by atoms with Crippen LogP contribution in [0.25, 0.3) is 5.57 Å². The molecule has 0 radical (unpaired) electrons. The Morgan fingerprint density at radius 3 is 2.94 bits per heavy atom. The zero-order chi connectivity index (χ0) is 12.3. The third-order valence-corrected chi connectivity index (χ3v) is 2.62. The fourth-order valence-corrected chi connectivity index (χ4v) is 1.92. The molecule has 1 aliphatic heterocycles. The fourth-order valence-electron chi connectivity index (χ4n) is 1.92. The molecular weight excluding hydrogens is 216 g/mol. The monoisotopic (exact) mass is 230 g/mol. The zero-order valence-corrected chi connectivity index (χ0v) is 9.64. The van der Waals surface area contributed by atoms with Gasteiger partial charge in [-0.05, 0) is 24.1 Å². The molecule has 0 bridgehead atoms. The predicted octanol–water partition coefficient (Wildman–Crippen LogP) is 2.88. The van der Waals surface area contributed by atoms with E-state index in [0.717, 1.165) is 28.9 Å². The maximum atomic E-state index is 10.6. The molecule has 0 fully saturated rings. The van der Waals surface area contributed by atoms with E-state index in [1.165, 1.54) is 6.08 Å². The first-order valence-corrected chi connectivity index (χ1v) is 5.51. The quantitative estimate of drug-likeness (QED) is 0.794. The number of aliphatic carboxylic acids is 1. The van der Waals surface area contributed by atoms with Crippen molar-refractivity contribution in [1.82, 2.24) is 0 Å². The Hall–Kier alpha value is -2.03. The topological polar surface area (TPSA) is 46.5 Å². The SMILES string of the molecule is CC(=C/C(=O)O)/C=C1\CCOc2ccccc21. The lowest BCUT2D eigenvalue weighted by Crippen LogP contribution is -2.07. The molecule has 2 rings (SSSR count). The summed E-state index contributed by atoms with van der Waals surface area (Å²) in [6.45, 7) is 2.43. The van der Waals surface area contributed by atoms with E-state index in [1.54, 1.807) is 6.92 Å². The average molecular weight is 230 g/mol. The average Bonchev–Trinajstić information content (AvgIpc) is 2.28. The molecule has 17 heavy (non-hydrogen) atoms. The summed E-state index contributed by atoms with van der Waals surface area (Å²) in [5.41, 5.74) is 2.92. The number of carboxylic acid groups (broad SMARTS) is 1. The zero-order valence-electron chi connectivity index (χ0n) is 9.64. The smallest absolute Gasteiger partial charge is 0.328 e. The third kappa shape index (κ3) is 2.75. The second kappa shape index (κ2) is 4.87. The number of allylic oxidation sites excluding steroid dienone is 2. The summed E-state index contributed by atoms with van der Waals surface area (Å²) in [7, 11) is 0. The summed E-state index contributed by atoms with van der Waals surface area (Å²) >= 11 is 0. The van der Waals surface area contributed by atoms with Crippen LogP contribution in [0.5, 0.6) is 5.75 Å². The molecule has 0 aromatic heterocycles. The second-order valence-electron chi connectivity index (χ2n) is 3.99. The number of para-hydroxylation sites is 1. The van der Waals surface area contributed by atoms with Crippen LogP contribution in [-0.2, 0) is 4.79 Å². The molecule has 0 saturated carbocycles. The summed E-state index contributed by atoms with van der Waals surface area (Å²) in [5, 5.41) is 8.68. The molecule has 0 spiro atoms. The molecule has 1 N–H and O–H groups in total. The van der Waals surface area contributed by atoms with Gasteiger partial charge in [-0.3, -0.25) is 0 Å². The number of carboxylic acids is 1. The lowest BCUT2D eigenvalue weighted by Gasteiger charge is -2.19. The van der Waals surface area contributed by atoms with Gasteiger partial charge in [0.25, 0.3) is 0 Å². The maximum Gasteiger partial charge on any atom is 0.328 e. The Labute approximate surface area is 100 Å². The van der Waals surface area contributed by atoms with E-state index in [4.69, 9.17) is 9.84 Å². The van der Waals surface area contributed by atoms with E-state index in [2.05, 4.69) is 0 Å². The van der Waals surface area contributed by atoms with Gasteiger partial charge in [-0.1, -0.05) is 24.3 Å².